The largest absolute Gasteiger partial charge is 0.349 e. The predicted octanol–water partition coefficient (Wildman–Crippen LogP) is 3.84. The zero-order chi connectivity index (χ0) is 13.6. The van der Waals surface area contributed by atoms with E-state index in [4.69, 9.17) is 0 Å². The first kappa shape index (κ1) is 13.5. The Morgan fingerprint density at radius 1 is 1.15 bits per heavy atom. The second kappa shape index (κ2) is 6.83. The van der Waals surface area contributed by atoms with Gasteiger partial charge in [-0.05, 0) is 35.9 Å². The van der Waals surface area contributed by atoms with Crippen LogP contribution in [0.1, 0.15) is 28.0 Å². The van der Waals surface area contributed by atoms with Crippen LogP contribution in [0.15, 0.2) is 47.4 Å². The Morgan fingerprint density at radius 2 is 1.90 bits per heavy atom. The van der Waals surface area contributed by atoms with Gasteiger partial charge in [-0.1, -0.05) is 12.1 Å². The summed E-state index contributed by atoms with van der Waals surface area (Å²) in [5.41, 5.74) is 0. The first-order chi connectivity index (χ1) is 9.93. The Bertz CT molecular complexity index is 551. The Balaban J connectivity index is 1.57. The molecule has 0 aliphatic carbocycles. The van der Waals surface area contributed by atoms with E-state index in [1.165, 1.54) is 9.75 Å². The normalized spacial score (nSPS) is 11.2. The van der Waals surface area contributed by atoms with Gasteiger partial charge in [0.1, 0.15) is 5.82 Å². The van der Waals surface area contributed by atoms with Crippen LogP contribution in [-0.4, -0.2) is 16.5 Å². The second-order valence-electron chi connectivity index (χ2n) is 4.56. The number of hydrogen-bond acceptors (Lipinski definition) is 4. The molecule has 0 saturated heterocycles. The topological polar surface area (TPSA) is 40.7 Å². The minimum Gasteiger partial charge on any atom is -0.349 e. The van der Waals surface area contributed by atoms with E-state index < -0.39 is 0 Å². The fourth-order valence-corrected chi connectivity index (χ4v) is 3.90. The highest BCUT2D eigenvalue weighted by Gasteiger charge is 2.15. The molecule has 0 atom stereocenters. The maximum Gasteiger partial charge on any atom is 0.106 e. The second-order valence-corrected chi connectivity index (χ2v) is 6.52. The summed E-state index contributed by atoms with van der Waals surface area (Å²) in [4.78, 5) is 10.2. The molecule has 0 unspecified atom stereocenters. The Morgan fingerprint density at radius 3 is 2.45 bits per heavy atom. The molecule has 3 heterocycles. The summed E-state index contributed by atoms with van der Waals surface area (Å²) in [6.07, 6.45) is 5.76. The lowest BCUT2D eigenvalue weighted by atomic mass is 10.2. The molecule has 0 aromatic carbocycles. The van der Waals surface area contributed by atoms with Crippen LogP contribution in [-0.2, 0) is 6.42 Å². The zero-order valence-electron chi connectivity index (χ0n) is 11.1. The molecule has 0 radical (unpaired) electrons. The van der Waals surface area contributed by atoms with E-state index in [0.717, 1.165) is 25.2 Å². The van der Waals surface area contributed by atoms with Gasteiger partial charge >= 0.3 is 0 Å². The van der Waals surface area contributed by atoms with Crippen LogP contribution in [0.2, 0.25) is 0 Å². The molecule has 0 aliphatic rings. The van der Waals surface area contributed by atoms with E-state index >= 15 is 0 Å². The lowest BCUT2D eigenvalue weighted by molar-refractivity contribution is 0.591. The van der Waals surface area contributed by atoms with Gasteiger partial charge in [0.2, 0.25) is 0 Å². The lowest BCUT2D eigenvalue weighted by Crippen LogP contribution is -2.22. The fourth-order valence-electron chi connectivity index (χ4n) is 2.19. The van der Waals surface area contributed by atoms with Crippen LogP contribution < -0.4 is 5.32 Å². The summed E-state index contributed by atoms with van der Waals surface area (Å²) in [6, 6.07) is 8.96. The standard InChI is InChI=1S/C15H17N3S2/c1(6-14-16-8-9-17-14)7-18-15(12-4-2-10-19-12)13-5-3-11-20-13/h2-5,8-11,15,18H,1,6-7H2,(H,16,17). The van der Waals surface area contributed by atoms with Crippen molar-refractivity contribution in [3.8, 4) is 0 Å². The molecule has 0 saturated carbocycles. The number of nitrogens with zero attached hydrogens (tertiary/aromatic N) is 1. The third-order valence-corrected chi connectivity index (χ3v) is 5.02. The number of H-pyrrole nitrogens is 1. The maximum absolute atomic E-state index is 4.25. The van der Waals surface area contributed by atoms with Gasteiger partial charge in [-0.25, -0.2) is 4.98 Å². The molecule has 3 nitrogen and oxygen atoms in total. The molecule has 5 heteroatoms. The number of hydrogen-bond donors (Lipinski definition) is 2. The van der Waals surface area contributed by atoms with Gasteiger partial charge in [0.25, 0.3) is 0 Å². The number of imidazole rings is 1. The van der Waals surface area contributed by atoms with Gasteiger partial charge in [-0.2, -0.15) is 0 Å². The molecule has 0 fully saturated rings. The molecule has 0 spiro atoms. The SMILES string of the molecule is c1csc(C(NCCCc2ncc[nH]2)c2cccs2)c1. The van der Waals surface area contributed by atoms with Gasteiger partial charge in [0.05, 0.1) is 6.04 Å². The van der Waals surface area contributed by atoms with Gasteiger partial charge in [0.15, 0.2) is 0 Å². The monoisotopic (exact) mass is 303 g/mol. The zero-order valence-corrected chi connectivity index (χ0v) is 12.7. The Kier molecular flexibility index (Phi) is 4.63. The van der Waals surface area contributed by atoms with Crippen LogP contribution >= 0.6 is 22.7 Å². The van der Waals surface area contributed by atoms with E-state index in [-0.39, 0.29) is 0 Å². The fraction of sp³-hybridized carbons (Fsp3) is 0.267. The first-order valence-corrected chi connectivity index (χ1v) is 8.48. The van der Waals surface area contributed by atoms with Crippen molar-refractivity contribution in [1.29, 1.82) is 0 Å². The average Bonchev–Trinajstić information content (AvgIpc) is 3.22. The summed E-state index contributed by atoms with van der Waals surface area (Å²) in [5, 5.41) is 7.94. The molecule has 3 aromatic heterocycles. The summed E-state index contributed by atoms with van der Waals surface area (Å²) in [7, 11) is 0. The molecule has 3 aromatic rings. The first-order valence-electron chi connectivity index (χ1n) is 6.72. The van der Waals surface area contributed by atoms with Crippen molar-refractivity contribution in [2.45, 2.75) is 18.9 Å². The molecule has 0 amide bonds. The van der Waals surface area contributed by atoms with Gasteiger partial charge in [-0.15, -0.1) is 22.7 Å². The van der Waals surface area contributed by atoms with Crippen LogP contribution in [0.3, 0.4) is 0 Å². The molecule has 0 aliphatic heterocycles. The van der Waals surface area contributed by atoms with Crippen molar-refractivity contribution < 1.29 is 0 Å². The summed E-state index contributed by atoms with van der Waals surface area (Å²) < 4.78 is 0. The number of rotatable bonds is 7. The van der Waals surface area contributed by atoms with Gasteiger partial charge < -0.3 is 10.3 Å². The summed E-state index contributed by atoms with van der Waals surface area (Å²) in [6.45, 7) is 0.987. The predicted molar refractivity (Wildman–Crippen MR) is 85.4 cm³/mol. The van der Waals surface area contributed by atoms with Crippen LogP contribution in [0.4, 0.5) is 0 Å². The number of aryl methyl sites for hydroxylation is 1. The van der Waals surface area contributed by atoms with Crippen molar-refractivity contribution in [3.63, 3.8) is 0 Å². The quantitative estimate of drug-likeness (QED) is 0.651. The average molecular weight is 303 g/mol. The molecule has 20 heavy (non-hydrogen) atoms. The number of thiophene rings is 2. The molecule has 0 bridgehead atoms. The van der Waals surface area contributed by atoms with E-state index in [2.05, 4.69) is 50.3 Å². The minimum absolute atomic E-state index is 0.326. The molecule has 3 rings (SSSR count). The van der Waals surface area contributed by atoms with Crippen molar-refractivity contribution in [2.24, 2.45) is 0 Å². The van der Waals surface area contributed by atoms with E-state index in [0.29, 0.717) is 6.04 Å². The van der Waals surface area contributed by atoms with Gasteiger partial charge in [0, 0.05) is 28.6 Å². The summed E-state index contributed by atoms with van der Waals surface area (Å²) >= 11 is 3.62. The van der Waals surface area contributed by atoms with Crippen LogP contribution in [0, 0.1) is 0 Å². The highest BCUT2D eigenvalue weighted by atomic mass is 32.1. The molecule has 104 valence electrons. The Hall–Kier alpha value is -1.43. The lowest BCUT2D eigenvalue weighted by Gasteiger charge is -2.15. The van der Waals surface area contributed by atoms with E-state index in [1.54, 1.807) is 0 Å². The van der Waals surface area contributed by atoms with Crippen molar-refractivity contribution in [2.75, 3.05) is 6.54 Å². The molecular weight excluding hydrogens is 286 g/mol. The minimum atomic E-state index is 0.326. The van der Waals surface area contributed by atoms with E-state index in [9.17, 15) is 0 Å². The highest BCUT2D eigenvalue weighted by molar-refractivity contribution is 7.11. The Labute approximate surface area is 126 Å². The molecular formula is C15H17N3S2. The highest BCUT2D eigenvalue weighted by Crippen LogP contribution is 2.28. The smallest absolute Gasteiger partial charge is 0.106 e. The van der Waals surface area contributed by atoms with Crippen molar-refractivity contribution in [3.05, 3.63) is 63.0 Å². The summed E-state index contributed by atoms with van der Waals surface area (Å²) in [5.74, 6) is 1.07. The van der Waals surface area contributed by atoms with E-state index in [1.807, 2.05) is 35.1 Å². The third-order valence-electron chi connectivity index (χ3n) is 3.15. The third kappa shape index (κ3) is 3.36. The van der Waals surface area contributed by atoms with Crippen molar-refractivity contribution in [1.82, 2.24) is 15.3 Å². The van der Waals surface area contributed by atoms with Gasteiger partial charge in [-0.3, -0.25) is 0 Å². The number of aromatic amines is 1. The van der Waals surface area contributed by atoms with Crippen molar-refractivity contribution >= 4 is 22.7 Å². The number of aromatic nitrogens is 2. The van der Waals surface area contributed by atoms with Crippen LogP contribution in [0.5, 0.6) is 0 Å². The van der Waals surface area contributed by atoms with Crippen LogP contribution in [0.25, 0.3) is 0 Å². The molecule has 2 N–H and O–H groups in total. The number of nitrogens with one attached hydrogen (secondary N) is 2. The maximum atomic E-state index is 4.25.